The summed E-state index contributed by atoms with van der Waals surface area (Å²) in [6.07, 6.45) is 1.36. The summed E-state index contributed by atoms with van der Waals surface area (Å²) in [5.74, 6) is 0. The number of halogens is 1. The standard InChI is InChI=1S/C19H22ClN3O4S/c1-14-15(3-2-4-19(14)23(24)25)13-22-11-9-17(10-12-22)21-28(26,27)18-7-5-16(20)6-8-18/h2-8,17,21H,9-13H2,1H3. The summed E-state index contributed by atoms with van der Waals surface area (Å²) in [7, 11) is -3.58. The molecule has 3 rings (SSSR count). The van der Waals surface area contributed by atoms with E-state index >= 15 is 0 Å². The van der Waals surface area contributed by atoms with Gasteiger partial charge in [0, 0.05) is 42.3 Å². The number of nitrogens with zero attached hydrogens (tertiary/aromatic N) is 2. The zero-order valence-corrected chi connectivity index (χ0v) is 17.0. The topological polar surface area (TPSA) is 92.6 Å². The highest BCUT2D eigenvalue weighted by Crippen LogP contribution is 2.24. The molecule has 0 spiro atoms. The quantitative estimate of drug-likeness (QED) is 0.567. The summed E-state index contributed by atoms with van der Waals surface area (Å²) in [6.45, 7) is 3.82. The van der Waals surface area contributed by atoms with Crippen LogP contribution in [0.1, 0.15) is 24.0 Å². The molecule has 2 aromatic rings. The van der Waals surface area contributed by atoms with Gasteiger partial charge in [-0.05, 0) is 49.6 Å². The van der Waals surface area contributed by atoms with E-state index in [9.17, 15) is 18.5 Å². The average molecular weight is 424 g/mol. The molecule has 0 atom stereocenters. The number of nitro benzene ring substituents is 1. The SMILES string of the molecule is Cc1c(CN2CCC(NS(=O)(=O)c3ccc(Cl)cc3)CC2)cccc1[N+](=O)[O-]. The Labute approximate surface area is 169 Å². The van der Waals surface area contributed by atoms with Crippen LogP contribution in [0.15, 0.2) is 47.4 Å². The normalized spacial score (nSPS) is 16.2. The third-order valence-corrected chi connectivity index (χ3v) is 6.83. The van der Waals surface area contributed by atoms with E-state index in [2.05, 4.69) is 9.62 Å². The van der Waals surface area contributed by atoms with Gasteiger partial charge in [-0.1, -0.05) is 23.7 Å². The van der Waals surface area contributed by atoms with Crippen molar-refractivity contribution in [2.75, 3.05) is 13.1 Å². The highest BCUT2D eigenvalue weighted by molar-refractivity contribution is 7.89. The highest BCUT2D eigenvalue weighted by atomic mass is 35.5. The molecule has 0 saturated carbocycles. The van der Waals surface area contributed by atoms with Crippen LogP contribution in [0, 0.1) is 17.0 Å². The van der Waals surface area contributed by atoms with Gasteiger partial charge < -0.3 is 0 Å². The Morgan fingerprint density at radius 3 is 2.43 bits per heavy atom. The number of piperidine rings is 1. The Balaban J connectivity index is 1.58. The summed E-state index contributed by atoms with van der Waals surface area (Å²) in [5.41, 5.74) is 1.73. The zero-order chi connectivity index (χ0) is 20.3. The smallest absolute Gasteiger partial charge is 0.272 e. The molecule has 0 aromatic heterocycles. The predicted molar refractivity (Wildman–Crippen MR) is 108 cm³/mol. The highest BCUT2D eigenvalue weighted by Gasteiger charge is 2.25. The molecule has 0 radical (unpaired) electrons. The number of nitrogens with one attached hydrogen (secondary N) is 1. The molecule has 2 aromatic carbocycles. The summed E-state index contributed by atoms with van der Waals surface area (Å²) in [5, 5.41) is 11.6. The molecule has 0 unspecified atom stereocenters. The van der Waals surface area contributed by atoms with Crippen LogP contribution in [0.4, 0.5) is 5.69 Å². The van der Waals surface area contributed by atoms with Gasteiger partial charge in [-0.2, -0.15) is 0 Å². The number of benzene rings is 2. The van der Waals surface area contributed by atoms with Crippen LogP contribution in [0.3, 0.4) is 0 Å². The molecule has 1 aliphatic rings. The lowest BCUT2D eigenvalue weighted by molar-refractivity contribution is -0.385. The molecule has 1 aliphatic heterocycles. The van der Waals surface area contributed by atoms with Crippen molar-refractivity contribution in [3.63, 3.8) is 0 Å². The molecule has 1 saturated heterocycles. The molecule has 7 nitrogen and oxygen atoms in total. The maximum atomic E-state index is 12.5. The van der Waals surface area contributed by atoms with Gasteiger partial charge >= 0.3 is 0 Å². The fraction of sp³-hybridized carbons (Fsp3) is 0.368. The fourth-order valence-corrected chi connectivity index (χ4v) is 4.82. The molecule has 9 heteroatoms. The predicted octanol–water partition coefficient (Wildman–Crippen LogP) is 3.50. The van der Waals surface area contributed by atoms with Gasteiger partial charge in [0.05, 0.1) is 9.82 Å². The third kappa shape index (κ3) is 4.88. The Morgan fingerprint density at radius 2 is 1.82 bits per heavy atom. The van der Waals surface area contributed by atoms with Crippen LogP contribution in [0.25, 0.3) is 0 Å². The minimum Gasteiger partial charge on any atom is -0.299 e. The monoisotopic (exact) mass is 423 g/mol. The van der Waals surface area contributed by atoms with Gasteiger partial charge in [0.1, 0.15) is 0 Å². The number of hydrogen-bond acceptors (Lipinski definition) is 5. The summed E-state index contributed by atoms with van der Waals surface area (Å²) < 4.78 is 27.8. The Bertz CT molecular complexity index is 956. The number of hydrogen-bond donors (Lipinski definition) is 1. The van der Waals surface area contributed by atoms with Crippen LogP contribution in [0.2, 0.25) is 5.02 Å². The zero-order valence-electron chi connectivity index (χ0n) is 15.5. The van der Waals surface area contributed by atoms with Gasteiger partial charge in [0.2, 0.25) is 10.0 Å². The number of sulfonamides is 1. The summed E-state index contributed by atoms with van der Waals surface area (Å²) in [6, 6.07) is 11.1. The van der Waals surface area contributed by atoms with E-state index in [4.69, 9.17) is 11.6 Å². The lowest BCUT2D eigenvalue weighted by Gasteiger charge is -2.32. The first-order valence-corrected chi connectivity index (χ1v) is 10.9. The number of rotatable bonds is 6. The van der Waals surface area contributed by atoms with Crippen molar-refractivity contribution in [2.24, 2.45) is 0 Å². The van der Waals surface area contributed by atoms with Crippen molar-refractivity contribution in [1.82, 2.24) is 9.62 Å². The summed E-state index contributed by atoms with van der Waals surface area (Å²) >= 11 is 5.82. The van der Waals surface area contributed by atoms with Crippen molar-refractivity contribution < 1.29 is 13.3 Å². The lowest BCUT2D eigenvalue weighted by Crippen LogP contribution is -2.44. The molecule has 0 amide bonds. The van der Waals surface area contributed by atoms with Gasteiger partial charge in [-0.15, -0.1) is 0 Å². The van der Waals surface area contributed by atoms with Crippen LogP contribution in [-0.4, -0.2) is 37.4 Å². The van der Waals surface area contributed by atoms with E-state index in [0.29, 0.717) is 30.0 Å². The molecule has 1 fully saturated rings. The van der Waals surface area contributed by atoms with E-state index in [1.54, 1.807) is 25.1 Å². The minimum atomic E-state index is -3.58. The second kappa shape index (κ2) is 8.57. The van der Waals surface area contributed by atoms with Crippen molar-refractivity contribution in [1.29, 1.82) is 0 Å². The fourth-order valence-electron chi connectivity index (χ4n) is 3.39. The Hall–Kier alpha value is -2.00. The molecule has 0 aliphatic carbocycles. The van der Waals surface area contributed by atoms with E-state index in [1.807, 2.05) is 6.07 Å². The minimum absolute atomic E-state index is 0.128. The van der Waals surface area contributed by atoms with Crippen molar-refractivity contribution in [3.05, 3.63) is 68.7 Å². The van der Waals surface area contributed by atoms with Gasteiger partial charge in [0.25, 0.3) is 5.69 Å². The van der Waals surface area contributed by atoms with Crippen molar-refractivity contribution >= 4 is 27.3 Å². The van der Waals surface area contributed by atoms with Crippen molar-refractivity contribution in [3.8, 4) is 0 Å². The average Bonchev–Trinajstić information content (AvgIpc) is 2.65. The van der Waals surface area contributed by atoms with Crippen LogP contribution in [-0.2, 0) is 16.6 Å². The van der Waals surface area contributed by atoms with E-state index < -0.39 is 10.0 Å². The Morgan fingerprint density at radius 1 is 1.18 bits per heavy atom. The first-order valence-electron chi connectivity index (χ1n) is 8.99. The molecular formula is C19H22ClN3O4S. The first kappa shape index (κ1) is 20.7. The maximum absolute atomic E-state index is 12.5. The lowest BCUT2D eigenvalue weighted by atomic mass is 10.0. The van der Waals surface area contributed by atoms with Gasteiger partial charge in [-0.25, -0.2) is 13.1 Å². The van der Waals surface area contributed by atoms with Gasteiger partial charge in [-0.3, -0.25) is 15.0 Å². The third-order valence-electron chi connectivity index (χ3n) is 5.04. The van der Waals surface area contributed by atoms with E-state index in [-0.39, 0.29) is 21.5 Å². The van der Waals surface area contributed by atoms with Crippen molar-refractivity contribution in [2.45, 2.75) is 37.2 Å². The second-order valence-electron chi connectivity index (χ2n) is 6.94. The van der Waals surface area contributed by atoms with Gasteiger partial charge in [0.15, 0.2) is 0 Å². The van der Waals surface area contributed by atoms with Crippen LogP contribution in [0.5, 0.6) is 0 Å². The number of likely N-dealkylation sites (tertiary alicyclic amines) is 1. The largest absolute Gasteiger partial charge is 0.299 e. The van der Waals surface area contributed by atoms with Crippen LogP contribution >= 0.6 is 11.6 Å². The maximum Gasteiger partial charge on any atom is 0.272 e. The molecule has 1 heterocycles. The van der Waals surface area contributed by atoms with E-state index in [1.165, 1.54) is 18.2 Å². The molecule has 28 heavy (non-hydrogen) atoms. The Kier molecular flexibility index (Phi) is 6.34. The second-order valence-corrected chi connectivity index (χ2v) is 9.09. The molecular weight excluding hydrogens is 402 g/mol. The molecule has 1 N–H and O–H groups in total. The van der Waals surface area contributed by atoms with Crippen LogP contribution < -0.4 is 4.72 Å². The van der Waals surface area contributed by atoms with E-state index in [0.717, 1.165) is 18.7 Å². The molecule has 0 bridgehead atoms. The summed E-state index contributed by atoms with van der Waals surface area (Å²) in [4.78, 5) is 13.1. The first-order chi connectivity index (χ1) is 13.3. The molecule has 150 valence electrons. The number of nitro groups is 1.